The fraction of sp³-hybridized carbons (Fsp3) is 0.800. The summed E-state index contributed by atoms with van der Waals surface area (Å²) in [6.45, 7) is 4.57. The molecule has 58 valence electrons. The molecule has 0 aromatic carbocycles. The SMILES string of the molecule is CC[C@H]1CC=C(C)CCC1. The Bertz CT molecular complexity index is 122. The van der Waals surface area contributed by atoms with E-state index in [-0.39, 0.29) is 0 Å². The maximum Gasteiger partial charge on any atom is -0.0320 e. The van der Waals surface area contributed by atoms with E-state index < -0.39 is 0 Å². The molecule has 0 saturated carbocycles. The largest absolute Gasteiger partial charge is 0.0853 e. The van der Waals surface area contributed by atoms with Gasteiger partial charge in [-0.2, -0.15) is 0 Å². The molecule has 0 nitrogen and oxygen atoms in total. The molecule has 0 aromatic heterocycles. The molecule has 0 aromatic rings. The van der Waals surface area contributed by atoms with Crippen LogP contribution in [0.4, 0.5) is 0 Å². The van der Waals surface area contributed by atoms with Crippen LogP contribution in [-0.2, 0) is 0 Å². The summed E-state index contributed by atoms with van der Waals surface area (Å²) in [6.07, 6.45) is 9.34. The lowest BCUT2D eigenvalue weighted by Gasteiger charge is -2.07. The van der Waals surface area contributed by atoms with Gasteiger partial charge in [0.15, 0.2) is 0 Å². The van der Waals surface area contributed by atoms with Gasteiger partial charge in [-0.3, -0.25) is 0 Å². The molecule has 1 atom stereocenters. The van der Waals surface area contributed by atoms with Gasteiger partial charge in [-0.1, -0.05) is 25.0 Å². The van der Waals surface area contributed by atoms with Crippen LogP contribution in [0.15, 0.2) is 11.6 Å². The second kappa shape index (κ2) is 3.80. The van der Waals surface area contributed by atoms with Crippen LogP contribution in [0.3, 0.4) is 0 Å². The maximum absolute atomic E-state index is 2.43. The Labute approximate surface area is 64.3 Å². The van der Waals surface area contributed by atoms with Gasteiger partial charge in [-0.25, -0.2) is 0 Å². The quantitative estimate of drug-likeness (QED) is 0.486. The van der Waals surface area contributed by atoms with Gasteiger partial charge in [-0.15, -0.1) is 0 Å². The third kappa shape index (κ3) is 2.17. The van der Waals surface area contributed by atoms with Crippen molar-refractivity contribution < 1.29 is 0 Å². The first kappa shape index (κ1) is 7.84. The lowest BCUT2D eigenvalue weighted by molar-refractivity contribution is 0.471. The molecule has 0 spiro atoms. The average Bonchev–Trinajstić information content (AvgIpc) is 2.14. The van der Waals surface area contributed by atoms with Gasteiger partial charge in [0.1, 0.15) is 0 Å². The van der Waals surface area contributed by atoms with Crippen LogP contribution >= 0.6 is 0 Å². The van der Waals surface area contributed by atoms with Crippen LogP contribution in [0, 0.1) is 5.92 Å². The zero-order valence-corrected chi connectivity index (χ0v) is 7.19. The van der Waals surface area contributed by atoms with Crippen LogP contribution < -0.4 is 0 Å². The van der Waals surface area contributed by atoms with E-state index in [0.29, 0.717) is 0 Å². The molecule has 0 heterocycles. The Morgan fingerprint density at radius 2 is 2.40 bits per heavy atom. The van der Waals surface area contributed by atoms with Crippen molar-refractivity contribution in [2.75, 3.05) is 0 Å². The van der Waals surface area contributed by atoms with Gasteiger partial charge < -0.3 is 0 Å². The molecule has 1 aliphatic carbocycles. The van der Waals surface area contributed by atoms with Crippen LogP contribution in [0.5, 0.6) is 0 Å². The number of hydrogen-bond acceptors (Lipinski definition) is 0. The van der Waals surface area contributed by atoms with E-state index in [0.717, 1.165) is 5.92 Å². The molecule has 1 aliphatic rings. The molecule has 0 radical (unpaired) electrons. The van der Waals surface area contributed by atoms with Crippen molar-refractivity contribution in [3.63, 3.8) is 0 Å². The van der Waals surface area contributed by atoms with Crippen LogP contribution in [-0.4, -0.2) is 0 Å². The highest BCUT2D eigenvalue weighted by Crippen LogP contribution is 2.23. The Morgan fingerprint density at radius 3 is 3.10 bits per heavy atom. The average molecular weight is 138 g/mol. The number of hydrogen-bond donors (Lipinski definition) is 0. The van der Waals surface area contributed by atoms with Crippen LogP contribution in [0.1, 0.15) is 46.0 Å². The van der Waals surface area contributed by atoms with Crippen LogP contribution in [0.2, 0.25) is 0 Å². The molecule has 0 N–H and O–H groups in total. The minimum atomic E-state index is 0.984. The smallest absolute Gasteiger partial charge is 0.0320 e. The van der Waals surface area contributed by atoms with Crippen molar-refractivity contribution >= 4 is 0 Å². The number of allylic oxidation sites excluding steroid dienone is 2. The Hall–Kier alpha value is -0.260. The molecule has 0 saturated heterocycles. The highest BCUT2D eigenvalue weighted by Gasteiger charge is 2.07. The summed E-state index contributed by atoms with van der Waals surface area (Å²) >= 11 is 0. The minimum Gasteiger partial charge on any atom is -0.0853 e. The normalized spacial score (nSPS) is 27.4. The fourth-order valence-electron chi connectivity index (χ4n) is 1.63. The number of rotatable bonds is 1. The van der Waals surface area contributed by atoms with Crippen molar-refractivity contribution in [3.8, 4) is 0 Å². The highest BCUT2D eigenvalue weighted by atomic mass is 14.1. The first-order valence-corrected chi connectivity index (χ1v) is 4.48. The van der Waals surface area contributed by atoms with Gasteiger partial charge in [0.05, 0.1) is 0 Å². The van der Waals surface area contributed by atoms with Crippen molar-refractivity contribution in [2.45, 2.75) is 46.0 Å². The van der Waals surface area contributed by atoms with E-state index in [1.807, 2.05) is 0 Å². The third-order valence-electron chi connectivity index (χ3n) is 2.56. The van der Waals surface area contributed by atoms with E-state index in [9.17, 15) is 0 Å². The molecule has 10 heavy (non-hydrogen) atoms. The summed E-state index contributed by atoms with van der Waals surface area (Å²) in [6, 6.07) is 0. The second-order valence-corrected chi connectivity index (χ2v) is 3.45. The fourth-order valence-corrected chi connectivity index (χ4v) is 1.63. The lowest BCUT2D eigenvalue weighted by atomic mass is 9.98. The molecule has 0 heteroatoms. The van der Waals surface area contributed by atoms with Crippen molar-refractivity contribution in [1.29, 1.82) is 0 Å². The van der Waals surface area contributed by atoms with Gasteiger partial charge >= 0.3 is 0 Å². The van der Waals surface area contributed by atoms with E-state index in [4.69, 9.17) is 0 Å². The molecule has 0 amide bonds. The summed E-state index contributed by atoms with van der Waals surface area (Å²) in [5, 5.41) is 0. The molecular formula is C10H18. The van der Waals surface area contributed by atoms with Crippen molar-refractivity contribution in [1.82, 2.24) is 0 Å². The second-order valence-electron chi connectivity index (χ2n) is 3.45. The Balaban J connectivity index is 2.40. The van der Waals surface area contributed by atoms with Crippen molar-refractivity contribution in [2.24, 2.45) is 5.92 Å². The van der Waals surface area contributed by atoms with Gasteiger partial charge in [0, 0.05) is 0 Å². The van der Waals surface area contributed by atoms with E-state index >= 15 is 0 Å². The Kier molecular flexibility index (Phi) is 2.98. The van der Waals surface area contributed by atoms with Gasteiger partial charge in [0.25, 0.3) is 0 Å². The van der Waals surface area contributed by atoms with Crippen LogP contribution in [0.25, 0.3) is 0 Å². The summed E-state index contributed by atoms with van der Waals surface area (Å²) in [4.78, 5) is 0. The standard InChI is InChI=1S/C10H18/c1-3-10-6-4-5-9(2)7-8-10/h7,10H,3-6,8H2,1-2H3/t10-/m1/s1. The van der Waals surface area contributed by atoms with E-state index in [2.05, 4.69) is 19.9 Å². The first-order valence-electron chi connectivity index (χ1n) is 4.48. The molecular weight excluding hydrogens is 120 g/mol. The molecule has 1 rings (SSSR count). The molecule has 0 unspecified atom stereocenters. The molecule has 0 aliphatic heterocycles. The van der Waals surface area contributed by atoms with Crippen molar-refractivity contribution in [3.05, 3.63) is 11.6 Å². The zero-order chi connectivity index (χ0) is 7.40. The lowest BCUT2D eigenvalue weighted by Crippen LogP contribution is -1.94. The molecule has 0 bridgehead atoms. The first-order chi connectivity index (χ1) is 4.83. The zero-order valence-electron chi connectivity index (χ0n) is 7.19. The minimum absolute atomic E-state index is 0.984. The monoisotopic (exact) mass is 138 g/mol. The van der Waals surface area contributed by atoms with Gasteiger partial charge in [0.2, 0.25) is 0 Å². The molecule has 0 fully saturated rings. The van der Waals surface area contributed by atoms with E-state index in [1.54, 1.807) is 5.57 Å². The highest BCUT2D eigenvalue weighted by molar-refractivity contribution is 5.00. The maximum atomic E-state index is 2.43. The predicted molar refractivity (Wildman–Crippen MR) is 46.0 cm³/mol. The van der Waals surface area contributed by atoms with E-state index in [1.165, 1.54) is 32.1 Å². The topological polar surface area (TPSA) is 0 Å². The summed E-state index contributed by atoms with van der Waals surface area (Å²) in [7, 11) is 0. The summed E-state index contributed by atoms with van der Waals surface area (Å²) in [5.74, 6) is 0.984. The predicted octanol–water partition coefficient (Wildman–Crippen LogP) is 3.53. The summed E-state index contributed by atoms with van der Waals surface area (Å²) < 4.78 is 0. The third-order valence-corrected chi connectivity index (χ3v) is 2.56. The van der Waals surface area contributed by atoms with Gasteiger partial charge in [-0.05, 0) is 38.5 Å². The summed E-state index contributed by atoms with van der Waals surface area (Å²) in [5.41, 5.74) is 1.61. The Morgan fingerprint density at radius 1 is 1.60 bits per heavy atom.